The molecule has 40 heavy (non-hydrogen) atoms. The molecule has 1 aliphatic rings. The fourth-order valence-corrected chi connectivity index (χ4v) is 6.51. The molecule has 0 spiro atoms. The molecule has 0 aliphatic carbocycles. The number of aryl methyl sites for hydroxylation is 2. The first kappa shape index (κ1) is 26.1. The van der Waals surface area contributed by atoms with Gasteiger partial charge in [-0.25, -0.2) is 14.1 Å². The van der Waals surface area contributed by atoms with E-state index in [1.54, 1.807) is 31.2 Å². The van der Waals surface area contributed by atoms with Gasteiger partial charge in [-0.15, -0.1) is 11.3 Å². The number of benzene rings is 2. The van der Waals surface area contributed by atoms with Crippen molar-refractivity contribution in [2.75, 3.05) is 13.1 Å². The Kier molecular flexibility index (Phi) is 7.06. The number of carbonyl (C=O) groups excluding carboxylic acids is 1. The van der Waals surface area contributed by atoms with Gasteiger partial charge in [-0.05, 0) is 62.8 Å². The van der Waals surface area contributed by atoms with Crippen LogP contribution < -0.4 is 5.56 Å². The molecule has 0 unspecified atom stereocenters. The Hall–Kier alpha value is -4.11. The van der Waals surface area contributed by atoms with Gasteiger partial charge >= 0.3 is 0 Å². The minimum absolute atomic E-state index is 0.0200. The van der Waals surface area contributed by atoms with Gasteiger partial charge in [0.25, 0.3) is 5.56 Å². The number of para-hydroxylation sites is 1. The van der Waals surface area contributed by atoms with Crippen molar-refractivity contribution in [3.05, 3.63) is 105 Å². The van der Waals surface area contributed by atoms with Gasteiger partial charge in [-0.2, -0.15) is 5.10 Å². The van der Waals surface area contributed by atoms with Crippen LogP contribution in [0.25, 0.3) is 21.9 Å². The van der Waals surface area contributed by atoms with Gasteiger partial charge in [-0.3, -0.25) is 14.0 Å². The number of hydrogen-bond acceptors (Lipinski definition) is 5. The van der Waals surface area contributed by atoms with E-state index in [2.05, 4.69) is 34.3 Å². The van der Waals surface area contributed by atoms with Gasteiger partial charge < -0.3 is 4.90 Å². The molecule has 0 N–H and O–H groups in total. The summed E-state index contributed by atoms with van der Waals surface area (Å²) in [5.41, 5.74) is 4.02. The van der Waals surface area contributed by atoms with E-state index in [1.807, 2.05) is 23.3 Å². The van der Waals surface area contributed by atoms with Crippen LogP contribution in [0.5, 0.6) is 0 Å². The predicted molar refractivity (Wildman–Crippen MR) is 154 cm³/mol. The van der Waals surface area contributed by atoms with Crippen LogP contribution in [0.2, 0.25) is 0 Å². The number of carbonyl (C=O) groups is 1. The van der Waals surface area contributed by atoms with Gasteiger partial charge in [0.15, 0.2) is 4.96 Å². The van der Waals surface area contributed by atoms with Crippen molar-refractivity contribution in [2.45, 2.75) is 39.5 Å². The summed E-state index contributed by atoms with van der Waals surface area (Å²) < 4.78 is 17.5. The van der Waals surface area contributed by atoms with Crippen molar-refractivity contribution < 1.29 is 9.18 Å². The lowest BCUT2D eigenvalue weighted by Gasteiger charge is -2.32. The summed E-state index contributed by atoms with van der Waals surface area (Å²) in [4.78, 5) is 34.2. The minimum Gasteiger partial charge on any atom is -0.342 e. The summed E-state index contributed by atoms with van der Waals surface area (Å²) in [7, 11) is 0. The lowest BCUT2D eigenvalue weighted by Crippen LogP contribution is -2.40. The van der Waals surface area contributed by atoms with Crippen LogP contribution in [0.4, 0.5) is 4.39 Å². The molecule has 6 rings (SSSR count). The van der Waals surface area contributed by atoms with E-state index < -0.39 is 5.82 Å². The lowest BCUT2D eigenvalue weighted by atomic mass is 9.90. The van der Waals surface area contributed by atoms with Crippen molar-refractivity contribution in [3.8, 4) is 16.9 Å². The van der Waals surface area contributed by atoms with E-state index in [0.717, 1.165) is 32.4 Å². The topological polar surface area (TPSA) is 72.5 Å². The normalized spacial score (nSPS) is 14.2. The molecule has 1 aliphatic heterocycles. The maximum absolute atomic E-state index is 14.5. The second-order valence-electron chi connectivity index (χ2n) is 10.4. The SMILES string of the molecule is Cc1nc2scc(CC(=O)N3CCC(Cc4ccccc4)CC3)n2c(=O)c1-c1cc(C)n(-c2ccccc2F)n1. The third-order valence-electron chi connectivity index (χ3n) is 7.71. The number of aromatic nitrogens is 4. The summed E-state index contributed by atoms with van der Waals surface area (Å²) in [5.74, 6) is 0.190. The number of amides is 1. The van der Waals surface area contributed by atoms with Crippen LogP contribution in [0.15, 0.2) is 70.8 Å². The zero-order valence-electron chi connectivity index (χ0n) is 22.5. The number of fused-ring (bicyclic) bond motifs is 1. The van der Waals surface area contributed by atoms with E-state index >= 15 is 0 Å². The first-order valence-corrected chi connectivity index (χ1v) is 14.4. The molecular weight excluding hydrogens is 525 g/mol. The van der Waals surface area contributed by atoms with Crippen LogP contribution >= 0.6 is 11.3 Å². The first-order chi connectivity index (χ1) is 19.4. The molecule has 7 nitrogen and oxygen atoms in total. The smallest absolute Gasteiger partial charge is 0.268 e. The zero-order chi connectivity index (χ0) is 27.8. The van der Waals surface area contributed by atoms with Crippen molar-refractivity contribution in [1.29, 1.82) is 0 Å². The number of hydrogen-bond donors (Lipinski definition) is 0. The van der Waals surface area contributed by atoms with E-state index in [-0.39, 0.29) is 17.9 Å². The summed E-state index contributed by atoms with van der Waals surface area (Å²) >= 11 is 1.35. The Morgan fingerprint density at radius 2 is 1.77 bits per heavy atom. The Morgan fingerprint density at radius 1 is 1.05 bits per heavy atom. The molecule has 0 bridgehead atoms. The van der Waals surface area contributed by atoms with Gasteiger partial charge in [0.2, 0.25) is 5.91 Å². The first-order valence-electron chi connectivity index (χ1n) is 13.5. The highest BCUT2D eigenvalue weighted by atomic mass is 32.1. The number of piperidine rings is 1. The molecular formula is C31H30FN5O2S. The number of nitrogens with zero attached hydrogens (tertiary/aromatic N) is 5. The fraction of sp³-hybridized carbons (Fsp3) is 0.290. The molecule has 1 amide bonds. The number of likely N-dealkylation sites (tertiary alicyclic amines) is 1. The Bertz CT molecular complexity index is 1750. The summed E-state index contributed by atoms with van der Waals surface area (Å²) in [6.07, 6.45) is 3.11. The van der Waals surface area contributed by atoms with Gasteiger partial charge in [0, 0.05) is 29.9 Å². The van der Waals surface area contributed by atoms with Crippen molar-refractivity contribution in [3.63, 3.8) is 0 Å². The summed E-state index contributed by atoms with van der Waals surface area (Å²) in [6, 6.07) is 18.6. The molecule has 204 valence electrons. The van der Waals surface area contributed by atoms with Crippen LogP contribution in [0.1, 0.15) is 35.5 Å². The Labute approximate surface area is 235 Å². The standard InChI is InChI=1S/C31H30FN5O2S/c1-20-16-26(34-37(20)27-11-7-6-10-25(27)32)29-21(2)33-31-36(30(29)39)24(19-40-31)18-28(38)35-14-12-23(13-15-35)17-22-8-4-3-5-9-22/h3-11,16,19,23H,12-15,17-18H2,1-2H3. The highest BCUT2D eigenvalue weighted by Crippen LogP contribution is 2.26. The molecule has 9 heteroatoms. The fourth-order valence-electron chi connectivity index (χ4n) is 5.59. The molecule has 0 atom stereocenters. The predicted octanol–water partition coefficient (Wildman–Crippen LogP) is 5.39. The van der Waals surface area contributed by atoms with Crippen LogP contribution in [-0.4, -0.2) is 43.1 Å². The third kappa shape index (κ3) is 4.97. The summed E-state index contributed by atoms with van der Waals surface area (Å²) in [5, 5.41) is 6.42. The second kappa shape index (κ2) is 10.8. The molecule has 2 aromatic carbocycles. The highest BCUT2D eigenvalue weighted by molar-refractivity contribution is 7.15. The van der Waals surface area contributed by atoms with E-state index in [4.69, 9.17) is 0 Å². The number of thiazole rings is 1. The van der Waals surface area contributed by atoms with Gasteiger partial charge in [-0.1, -0.05) is 42.5 Å². The maximum atomic E-state index is 14.5. The van der Waals surface area contributed by atoms with Crippen LogP contribution in [-0.2, 0) is 17.6 Å². The Morgan fingerprint density at radius 3 is 2.52 bits per heavy atom. The lowest BCUT2D eigenvalue weighted by molar-refractivity contribution is -0.131. The van der Waals surface area contributed by atoms with Gasteiger partial charge in [0.1, 0.15) is 17.2 Å². The quantitative estimate of drug-likeness (QED) is 0.282. The maximum Gasteiger partial charge on any atom is 0.268 e. The van der Waals surface area contributed by atoms with Crippen molar-refractivity contribution in [1.82, 2.24) is 24.1 Å². The molecule has 4 heterocycles. The monoisotopic (exact) mass is 555 g/mol. The molecule has 0 radical (unpaired) electrons. The van der Waals surface area contributed by atoms with Crippen LogP contribution in [0, 0.1) is 25.6 Å². The van der Waals surface area contributed by atoms with Crippen LogP contribution in [0.3, 0.4) is 0 Å². The van der Waals surface area contributed by atoms with E-state index in [0.29, 0.717) is 44.9 Å². The van der Waals surface area contributed by atoms with Crippen molar-refractivity contribution >= 4 is 22.2 Å². The molecule has 1 saturated heterocycles. The molecule has 0 saturated carbocycles. The molecule has 1 fully saturated rings. The second-order valence-corrected chi connectivity index (χ2v) is 11.3. The molecule has 3 aromatic heterocycles. The minimum atomic E-state index is -0.398. The zero-order valence-corrected chi connectivity index (χ0v) is 23.3. The highest BCUT2D eigenvalue weighted by Gasteiger charge is 2.25. The average Bonchev–Trinajstić information content (AvgIpc) is 3.53. The average molecular weight is 556 g/mol. The summed E-state index contributed by atoms with van der Waals surface area (Å²) in [6.45, 7) is 5.04. The number of rotatable bonds is 6. The van der Waals surface area contributed by atoms with Gasteiger partial charge in [0.05, 0.1) is 17.7 Å². The third-order valence-corrected chi connectivity index (χ3v) is 8.59. The largest absolute Gasteiger partial charge is 0.342 e. The van der Waals surface area contributed by atoms with E-state index in [9.17, 15) is 14.0 Å². The van der Waals surface area contributed by atoms with E-state index in [1.165, 1.54) is 32.0 Å². The Balaban J connectivity index is 1.23. The van der Waals surface area contributed by atoms with Crippen molar-refractivity contribution in [2.24, 2.45) is 5.92 Å². The molecule has 5 aromatic rings. The number of halogens is 1.